The monoisotopic (exact) mass is 310 g/mol. The summed E-state index contributed by atoms with van der Waals surface area (Å²) >= 11 is 0. The van der Waals surface area contributed by atoms with E-state index in [1.807, 2.05) is 6.08 Å². The predicted octanol–water partition coefficient (Wildman–Crippen LogP) is 5.48. The topological polar surface area (TPSA) is 66.8 Å². The molecule has 126 valence electrons. The molecule has 0 saturated heterocycles. The summed E-state index contributed by atoms with van der Waals surface area (Å²) in [6.45, 7) is 2.12. The Hall–Kier alpha value is -1.55. The summed E-state index contributed by atoms with van der Waals surface area (Å²) in [6.07, 6.45) is 18.8. The van der Waals surface area contributed by atoms with Crippen LogP contribution in [0.4, 0.5) is 0 Å². The van der Waals surface area contributed by atoms with E-state index in [4.69, 9.17) is 10.4 Å². The van der Waals surface area contributed by atoms with E-state index in [2.05, 4.69) is 30.0 Å². The third-order valence-corrected chi connectivity index (χ3v) is 3.25. The van der Waals surface area contributed by atoms with Crippen molar-refractivity contribution in [1.29, 1.82) is 0 Å². The Labute approximate surface area is 134 Å². The second-order valence-electron chi connectivity index (χ2n) is 5.27. The highest BCUT2D eigenvalue weighted by Gasteiger charge is 1.99. The smallest absolute Gasteiger partial charge is 0.303 e. The largest absolute Gasteiger partial charge is 0.481 e. The molecule has 0 radical (unpaired) electrons. The minimum atomic E-state index is -0.726. The molecule has 2 N–H and O–H groups in total. The first kappa shape index (κ1) is 20.5. The van der Waals surface area contributed by atoms with E-state index in [1.54, 1.807) is 6.08 Å². The number of carbonyl (C=O) groups is 1. The van der Waals surface area contributed by atoms with E-state index < -0.39 is 5.97 Å². The van der Waals surface area contributed by atoms with Crippen LogP contribution in [0.15, 0.2) is 36.1 Å². The molecule has 0 aromatic heterocycles. The summed E-state index contributed by atoms with van der Waals surface area (Å²) in [6, 6.07) is 0. The average molecular weight is 310 g/mol. The molecule has 0 aliphatic rings. The van der Waals surface area contributed by atoms with Crippen LogP contribution in [-0.4, -0.2) is 16.3 Å². The van der Waals surface area contributed by atoms with Crippen LogP contribution in [-0.2, 0) is 9.68 Å². The second kappa shape index (κ2) is 15.8. The molecule has 0 heterocycles. The number of carboxylic acid groups (broad SMARTS) is 1. The number of aliphatic carboxylic acids is 1. The lowest BCUT2D eigenvalue weighted by Gasteiger charge is -2.03. The third-order valence-electron chi connectivity index (χ3n) is 3.25. The molecular weight excluding hydrogens is 280 g/mol. The van der Waals surface area contributed by atoms with Gasteiger partial charge in [-0.3, -0.25) is 4.79 Å². The molecule has 0 aliphatic heterocycles. The minimum Gasteiger partial charge on any atom is -0.481 e. The van der Waals surface area contributed by atoms with Crippen LogP contribution in [0.2, 0.25) is 0 Å². The van der Waals surface area contributed by atoms with Gasteiger partial charge in [0.1, 0.15) is 5.76 Å². The molecule has 0 aromatic rings. The SMILES string of the molecule is CC/C=C\CC/C=C/C=C(/CCCCCCCC(=O)O)OO. The van der Waals surface area contributed by atoms with Crippen LogP contribution < -0.4 is 0 Å². The van der Waals surface area contributed by atoms with Crippen LogP contribution in [0.25, 0.3) is 0 Å². The first-order chi connectivity index (χ1) is 10.7. The van der Waals surface area contributed by atoms with Crippen molar-refractivity contribution in [3.05, 3.63) is 36.1 Å². The van der Waals surface area contributed by atoms with Crippen molar-refractivity contribution < 1.29 is 20.0 Å². The zero-order valence-electron chi connectivity index (χ0n) is 13.7. The zero-order chi connectivity index (χ0) is 16.5. The summed E-state index contributed by atoms with van der Waals surface area (Å²) in [5, 5.41) is 17.3. The van der Waals surface area contributed by atoms with Crippen molar-refractivity contribution in [2.24, 2.45) is 0 Å². The van der Waals surface area contributed by atoms with Gasteiger partial charge in [-0.25, -0.2) is 5.26 Å². The minimum absolute atomic E-state index is 0.253. The summed E-state index contributed by atoms with van der Waals surface area (Å²) in [5.74, 6) is -0.151. The molecule has 0 fully saturated rings. The van der Waals surface area contributed by atoms with E-state index in [-0.39, 0.29) is 6.42 Å². The standard InChI is InChI=1S/C18H30O4/c1-2-3-4-5-6-8-11-14-17(22-21)15-12-9-7-10-13-16-18(19)20/h3-4,8,11,14,21H,2,5-7,9-10,12-13,15-16H2,1H3,(H,19,20)/b4-3-,11-8+,17-14-. The third kappa shape index (κ3) is 14.9. The molecule has 0 saturated carbocycles. The molecule has 0 atom stereocenters. The molecule has 0 aliphatic carbocycles. The van der Waals surface area contributed by atoms with Crippen molar-refractivity contribution in [3.8, 4) is 0 Å². The zero-order valence-corrected chi connectivity index (χ0v) is 13.7. The number of hydrogen-bond donors (Lipinski definition) is 2. The summed E-state index contributed by atoms with van der Waals surface area (Å²) < 4.78 is 0. The van der Waals surface area contributed by atoms with E-state index in [1.165, 1.54) is 0 Å². The molecule has 4 heteroatoms. The number of rotatable bonds is 14. The van der Waals surface area contributed by atoms with Crippen LogP contribution >= 0.6 is 0 Å². The quantitative estimate of drug-likeness (QED) is 0.111. The van der Waals surface area contributed by atoms with E-state index in [0.29, 0.717) is 12.2 Å². The highest BCUT2D eigenvalue weighted by Crippen LogP contribution is 2.12. The molecule has 0 bridgehead atoms. The molecule has 0 rings (SSSR count). The van der Waals surface area contributed by atoms with E-state index >= 15 is 0 Å². The number of allylic oxidation sites excluding steroid dienone is 6. The van der Waals surface area contributed by atoms with Crippen molar-refractivity contribution >= 4 is 5.97 Å². The van der Waals surface area contributed by atoms with Gasteiger partial charge in [-0.2, -0.15) is 0 Å². The molecule has 22 heavy (non-hydrogen) atoms. The van der Waals surface area contributed by atoms with Gasteiger partial charge in [-0.15, -0.1) is 0 Å². The van der Waals surface area contributed by atoms with Crippen molar-refractivity contribution in [2.75, 3.05) is 0 Å². The fourth-order valence-corrected chi connectivity index (χ4v) is 2.01. The number of unbranched alkanes of at least 4 members (excludes halogenated alkanes) is 5. The van der Waals surface area contributed by atoms with Crippen molar-refractivity contribution in [1.82, 2.24) is 0 Å². The highest BCUT2D eigenvalue weighted by molar-refractivity contribution is 5.66. The lowest BCUT2D eigenvalue weighted by atomic mass is 10.1. The Balaban J connectivity index is 3.68. The lowest BCUT2D eigenvalue weighted by molar-refractivity contribution is -0.205. The number of hydrogen-bond acceptors (Lipinski definition) is 3. The maximum Gasteiger partial charge on any atom is 0.303 e. The van der Waals surface area contributed by atoms with Crippen LogP contribution in [0.1, 0.15) is 71.1 Å². The second-order valence-corrected chi connectivity index (χ2v) is 5.27. The van der Waals surface area contributed by atoms with Crippen LogP contribution in [0, 0.1) is 0 Å². The Bertz CT molecular complexity index is 356. The van der Waals surface area contributed by atoms with Gasteiger partial charge in [0.15, 0.2) is 0 Å². The van der Waals surface area contributed by atoms with Gasteiger partial charge < -0.3 is 9.99 Å². The predicted molar refractivity (Wildman–Crippen MR) is 89.6 cm³/mol. The van der Waals surface area contributed by atoms with Crippen molar-refractivity contribution in [3.63, 3.8) is 0 Å². The van der Waals surface area contributed by atoms with Gasteiger partial charge in [0.25, 0.3) is 0 Å². The normalized spacial score (nSPS) is 12.4. The van der Waals surface area contributed by atoms with Gasteiger partial charge in [0, 0.05) is 12.8 Å². The Kier molecular flexibility index (Phi) is 14.7. The van der Waals surface area contributed by atoms with Gasteiger partial charge in [0.05, 0.1) is 0 Å². The Morgan fingerprint density at radius 2 is 1.59 bits per heavy atom. The summed E-state index contributed by atoms with van der Waals surface area (Å²) in [5.41, 5.74) is 0. The molecule has 4 nitrogen and oxygen atoms in total. The highest BCUT2D eigenvalue weighted by atomic mass is 17.1. The fourth-order valence-electron chi connectivity index (χ4n) is 2.01. The van der Waals surface area contributed by atoms with Gasteiger partial charge >= 0.3 is 5.97 Å². The van der Waals surface area contributed by atoms with Crippen LogP contribution in [0.3, 0.4) is 0 Å². The average Bonchev–Trinajstić information content (AvgIpc) is 2.50. The number of carboxylic acids is 1. The lowest BCUT2D eigenvalue weighted by Crippen LogP contribution is -1.93. The van der Waals surface area contributed by atoms with Crippen LogP contribution in [0.5, 0.6) is 0 Å². The Morgan fingerprint density at radius 1 is 0.955 bits per heavy atom. The summed E-state index contributed by atoms with van der Waals surface area (Å²) in [7, 11) is 0. The molecule has 0 aromatic carbocycles. The summed E-state index contributed by atoms with van der Waals surface area (Å²) in [4.78, 5) is 14.7. The van der Waals surface area contributed by atoms with Gasteiger partial charge in [-0.1, -0.05) is 50.5 Å². The maximum atomic E-state index is 10.4. The van der Waals surface area contributed by atoms with Gasteiger partial charge in [0.2, 0.25) is 0 Å². The Morgan fingerprint density at radius 3 is 2.23 bits per heavy atom. The molecular formula is C18H30O4. The van der Waals surface area contributed by atoms with Gasteiger partial charge in [-0.05, 0) is 38.2 Å². The first-order valence-electron chi connectivity index (χ1n) is 8.24. The molecule has 0 spiro atoms. The first-order valence-corrected chi connectivity index (χ1v) is 8.24. The molecule has 0 amide bonds. The van der Waals surface area contributed by atoms with E-state index in [9.17, 15) is 4.79 Å². The van der Waals surface area contributed by atoms with E-state index in [0.717, 1.165) is 51.4 Å². The van der Waals surface area contributed by atoms with Crippen molar-refractivity contribution in [2.45, 2.75) is 71.1 Å². The maximum absolute atomic E-state index is 10.4. The fraction of sp³-hybridized carbons (Fsp3) is 0.611. The molecule has 0 unspecified atom stereocenters.